The first-order valence-corrected chi connectivity index (χ1v) is 7.35. The Balaban J connectivity index is 1.79. The van der Waals surface area contributed by atoms with Crippen molar-refractivity contribution in [1.82, 2.24) is 0 Å². The molecule has 3 aliphatic carbocycles. The van der Waals surface area contributed by atoms with Gasteiger partial charge in [0.2, 0.25) is 0 Å². The Labute approximate surface area is 114 Å². The first kappa shape index (κ1) is 11.2. The molecule has 0 amide bonds. The van der Waals surface area contributed by atoms with Gasteiger partial charge in [-0.15, -0.1) is 0 Å². The van der Waals surface area contributed by atoms with Crippen molar-refractivity contribution in [2.45, 2.75) is 32.1 Å². The first-order valence-electron chi connectivity index (χ1n) is 7.35. The number of rotatable bonds is 0. The second-order valence-corrected chi connectivity index (χ2v) is 6.09. The van der Waals surface area contributed by atoms with E-state index in [4.69, 9.17) is 0 Å². The summed E-state index contributed by atoms with van der Waals surface area (Å²) >= 11 is 0. The van der Waals surface area contributed by atoms with Crippen LogP contribution in [0.2, 0.25) is 0 Å². The predicted octanol–water partition coefficient (Wildman–Crippen LogP) is 3.94. The third-order valence-electron chi connectivity index (χ3n) is 4.92. The maximum atomic E-state index is 12.1. The summed E-state index contributed by atoms with van der Waals surface area (Å²) in [6.07, 6.45) is 9.90. The van der Waals surface area contributed by atoms with Crippen LogP contribution in [0.3, 0.4) is 0 Å². The van der Waals surface area contributed by atoms with Gasteiger partial charge in [0.05, 0.1) is 0 Å². The first-order chi connectivity index (χ1) is 9.31. The Kier molecular flexibility index (Phi) is 2.48. The summed E-state index contributed by atoms with van der Waals surface area (Å²) in [6.45, 7) is 0. The van der Waals surface area contributed by atoms with Crippen LogP contribution in [-0.2, 0) is 11.2 Å². The molecule has 0 saturated heterocycles. The zero-order chi connectivity index (χ0) is 12.8. The number of carbonyl (C=O) groups excluding carboxylic acids is 1. The molecular weight excluding hydrogens is 232 g/mol. The Bertz CT molecular complexity index is 606. The molecular formula is C18H18O. The van der Waals surface area contributed by atoms with Gasteiger partial charge in [-0.3, -0.25) is 4.79 Å². The van der Waals surface area contributed by atoms with Crippen LogP contribution in [0.4, 0.5) is 0 Å². The number of hydrogen-bond donors (Lipinski definition) is 0. The molecule has 1 saturated carbocycles. The van der Waals surface area contributed by atoms with Gasteiger partial charge in [0.15, 0.2) is 5.78 Å². The Morgan fingerprint density at radius 2 is 1.95 bits per heavy atom. The van der Waals surface area contributed by atoms with Crippen LogP contribution in [-0.4, -0.2) is 5.78 Å². The number of ketones is 1. The third-order valence-corrected chi connectivity index (χ3v) is 4.92. The van der Waals surface area contributed by atoms with Gasteiger partial charge in [-0.2, -0.15) is 0 Å². The van der Waals surface area contributed by atoms with Gasteiger partial charge in [0.1, 0.15) is 0 Å². The second kappa shape index (κ2) is 4.19. The fourth-order valence-electron chi connectivity index (χ4n) is 3.92. The number of allylic oxidation sites excluding steroid dienone is 3. The highest BCUT2D eigenvalue weighted by molar-refractivity contribution is 5.97. The van der Waals surface area contributed by atoms with E-state index < -0.39 is 0 Å². The number of fused-ring (bicyclic) bond motifs is 3. The van der Waals surface area contributed by atoms with Crippen LogP contribution in [0, 0.1) is 11.8 Å². The van der Waals surface area contributed by atoms with Crippen molar-refractivity contribution in [3.8, 4) is 0 Å². The van der Waals surface area contributed by atoms with Gasteiger partial charge in [-0.1, -0.05) is 36.4 Å². The lowest BCUT2D eigenvalue weighted by Gasteiger charge is -2.36. The van der Waals surface area contributed by atoms with Crippen molar-refractivity contribution in [3.05, 3.63) is 52.6 Å². The van der Waals surface area contributed by atoms with Crippen LogP contribution in [0.25, 0.3) is 6.08 Å². The monoisotopic (exact) mass is 250 g/mol. The molecule has 0 spiro atoms. The molecule has 0 aliphatic heterocycles. The molecule has 1 aromatic rings. The third kappa shape index (κ3) is 1.80. The summed E-state index contributed by atoms with van der Waals surface area (Å²) in [6, 6.07) is 8.66. The molecule has 2 unspecified atom stereocenters. The van der Waals surface area contributed by atoms with Gasteiger partial charge < -0.3 is 0 Å². The number of hydrogen-bond acceptors (Lipinski definition) is 1. The molecule has 1 aromatic carbocycles. The molecule has 96 valence electrons. The normalized spacial score (nSPS) is 28.7. The van der Waals surface area contributed by atoms with Gasteiger partial charge in [0, 0.05) is 6.42 Å². The van der Waals surface area contributed by atoms with Crippen molar-refractivity contribution in [2.24, 2.45) is 11.8 Å². The quantitative estimate of drug-likeness (QED) is 0.681. The lowest BCUT2D eigenvalue weighted by atomic mass is 9.68. The van der Waals surface area contributed by atoms with E-state index in [2.05, 4.69) is 36.4 Å². The number of benzene rings is 1. The van der Waals surface area contributed by atoms with Gasteiger partial charge in [-0.05, 0) is 59.8 Å². The second-order valence-electron chi connectivity index (χ2n) is 6.09. The topological polar surface area (TPSA) is 17.1 Å². The molecule has 0 radical (unpaired) electrons. The SMILES string of the molecule is O=C1CCCC2CC3Cc4ccccc4C=C3C=C12. The van der Waals surface area contributed by atoms with E-state index in [1.807, 2.05) is 0 Å². The van der Waals surface area contributed by atoms with Crippen molar-refractivity contribution in [1.29, 1.82) is 0 Å². The maximum Gasteiger partial charge on any atom is 0.159 e. The average Bonchev–Trinajstić information content (AvgIpc) is 2.44. The van der Waals surface area contributed by atoms with E-state index in [-0.39, 0.29) is 0 Å². The van der Waals surface area contributed by atoms with E-state index >= 15 is 0 Å². The highest BCUT2D eigenvalue weighted by Gasteiger charge is 2.34. The van der Waals surface area contributed by atoms with Crippen molar-refractivity contribution in [2.75, 3.05) is 0 Å². The Morgan fingerprint density at radius 1 is 1.05 bits per heavy atom. The Morgan fingerprint density at radius 3 is 2.89 bits per heavy atom. The highest BCUT2D eigenvalue weighted by atomic mass is 16.1. The average molecular weight is 250 g/mol. The molecule has 0 aromatic heterocycles. The predicted molar refractivity (Wildman–Crippen MR) is 76.7 cm³/mol. The summed E-state index contributed by atoms with van der Waals surface area (Å²) in [7, 11) is 0. The minimum absolute atomic E-state index is 0.398. The fourth-order valence-corrected chi connectivity index (χ4v) is 3.92. The number of carbonyl (C=O) groups is 1. The molecule has 4 rings (SSSR count). The van der Waals surface area contributed by atoms with E-state index in [1.165, 1.54) is 29.5 Å². The van der Waals surface area contributed by atoms with Gasteiger partial charge in [-0.25, -0.2) is 0 Å². The minimum Gasteiger partial charge on any atom is -0.295 e. The van der Waals surface area contributed by atoms with E-state index in [9.17, 15) is 4.79 Å². The number of Topliss-reactive ketones (excluding diaryl/α,β-unsaturated/α-hetero) is 1. The minimum atomic E-state index is 0.398. The zero-order valence-corrected chi connectivity index (χ0v) is 11.1. The molecule has 2 atom stereocenters. The molecule has 1 fully saturated rings. The summed E-state index contributed by atoms with van der Waals surface area (Å²) in [4.78, 5) is 12.1. The molecule has 1 heteroatoms. The molecule has 1 nitrogen and oxygen atoms in total. The van der Waals surface area contributed by atoms with Crippen molar-refractivity contribution in [3.63, 3.8) is 0 Å². The van der Waals surface area contributed by atoms with Crippen LogP contribution >= 0.6 is 0 Å². The molecule has 19 heavy (non-hydrogen) atoms. The largest absolute Gasteiger partial charge is 0.295 e. The molecule has 0 heterocycles. The van der Waals surface area contributed by atoms with Crippen molar-refractivity contribution < 1.29 is 4.79 Å². The van der Waals surface area contributed by atoms with Crippen LogP contribution < -0.4 is 0 Å². The van der Waals surface area contributed by atoms with Crippen LogP contribution in [0.15, 0.2) is 41.5 Å². The summed E-state index contributed by atoms with van der Waals surface area (Å²) in [5.74, 6) is 1.57. The summed E-state index contributed by atoms with van der Waals surface area (Å²) in [5.41, 5.74) is 5.32. The van der Waals surface area contributed by atoms with Crippen LogP contribution in [0.5, 0.6) is 0 Å². The van der Waals surface area contributed by atoms with Gasteiger partial charge in [0.25, 0.3) is 0 Å². The Hall–Kier alpha value is -1.63. The van der Waals surface area contributed by atoms with Crippen molar-refractivity contribution >= 4 is 11.9 Å². The summed E-state index contributed by atoms with van der Waals surface area (Å²) in [5, 5.41) is 0. The van der Waals surface area contributed by atoms with Gasteiger partial charge >= 0.3 is 0 Å². The molecule has 3 aliphatic rings. The lowest BCUT2D eigenvalue weighted by Crippen LogP contribution is -2.28. The standard InChI is InChI=1S/C18H18O/c19-18-7-3-6-14-10-15-8-12-4-1-2-5-13(12)9-16(15)11-17(14)18/h1-2,4-5,9,11,14-15H,3,6-8,10H2. The zero-order valence-electron chi connectivity index (χ0n) is 11.1. The molecule has 0 N–H and O–H groups in total. The summed E-state index contributed by atoms with van der Waals surface area (Å²) < 4.78 is 0. The van der Waals surface area contributed by atoms with Crippen LogP contribution in [0.1, 0.15) is 36.8 Å². The highest BCUT2D eigenvalue weighted by Crippen LogP contribution is 2.43. The van der Waals surface area contributed by atoms with E-state index in [1.54, 1.807) is 0 Å². The maximum absolute atomic E-state index is 12.1. The lowest BCUT2D eigenvalue weighted by molar-refractivity contribution is -0.117. The molecule has 0 bridgehead atoms. The fraction of sp³-hybridized carbons (Fsp3) is 0.389. The smallest absolute Gasteiger partial charge is 0.159 e. The van der Waals surface area contributed by atoms with E-state index in [0.717, 1.165) is 24.8 Å². The van der Waals surface area contributed by atoms with E-state index in [0.29, 0.717) is 17.6 Å².